The van der Waals surface area contributed by atoms with Gasteiger partial charge in [0.15, 0.2) is 0 Å². The van der Waals surface area contributed by atoms with Crippen LogP contribution in [0.25, 0.3) is 0 Å². The van der Waals surface area contributed by atoms with Crippen LogP contribution >= 0.6 is 0 Å². The monoisotopic (exact) mass is 356 g/mol. The highest BCUT2D eigenvalue weighted by molar-refractivity contribution is 5.26. The predicted octanol–water partition coefficient (Wildman–Crippen LogP) is 4.92. The van der Waals surface area contributed by atoms with Gasteiger partial charge in [0.25, 0.3) is 0 Å². The molecule has 0 bridgehead atoms. The summed E-state index contributed by atoms with van der Waals surface area (Å²) in [5.74, 6) is 0. The molecule has 2 saturated carbocycles. The van der Waals surface area contributed by atoms with Gasteiger partial charge in [-0.05, 0) is 0 Å². The van der Waals surface area contributed by atoms with Crippen molar-refractivity contribution in [3.63, 3.8) is 0 Å². The Morgan fingerprint density at radius 1 is 0.360 bits per heavy atom. The second kappa shape index (κ2) is 49.6. The summed E-state index contributed by atoms with van der Waals surface area (Å²) >= 11 is 0. The minimum Gasteiger partial charge on any atom is -0.222 e. The molecular formula is C17H32N4O4. The van der Waals surface area contributed by atoms with Gasteiger partial charge in [-0.15, -0.1) is 0 Å². The molecule has 0 aromatic heterocycles. The van der Waals surface area contributed by atoms with E-state index in [1.54, 1.807) is 0 Å². The number of nitrogens with one attached hydrogen (secondary N) is 4. The van der Waals surface area contributed by atoms with Crippen LogP contribution in [0.4, 0.5) is 0 Å². The van der Waals surface area contributed by atoms with Crippen LogP contribution in [0.3, 0.4) is 0 Å². The number of carbonyl (C=O) groups excluding carboxylic acids is 4. The summed E-state index contributed by atoms with van der Waals surface area (Å²) in [6, 6.07) is 0. The first-order valence-corrected chi connectivity index (χ1v) is 7.82. The molecule has 2 fully saturated rings. The van der Waals surface area contributed by atoms with Gasteiger partial charge < -0.3 is 0 Å². The molecule has 0 atom stereocenters. The first-order valence-electron chi connectivity index (χ1n) is 7.82. The van der Waals surface area contributed by atoms with Crippen LogP contribution in [-0.4, -0.2) is 24.3 Å². The predicted molar refractivity (Wildman–Crippen MR) is 95.8 cm³/mol. The molecule has 8 heteroatoms. The van der Waals surface area contributed by atoms with Crippen LogP contribution in [-0.2, 0) is 19.2 Å². The molecule has 25 heavy (non-hydrogen) atoms. The summed E-state index contributed by atoms with van der Waals surface area (Å²) in [4.78, 5) is 33.4. The van der Waals surface area contributed by atoms with Crippen LogP contribution in [0.15, 0.2) is 0 Å². The fourth-order valence-electron chi connectivity index (χ4n) is 2.12. The first-order chi connectivity index (χ1) is 11.7. The molecule has 0 aromatic carbocycles. The van der Waals surface area contributed by atoms with Gasteiger partial charge in [0.2, 0.25) is 24.3 Å². The van der Waals surface area contributed by atoms with Crippen molar-refractivity contribution in [2.24, 2.45) is 0 Å². The lowest BCUT2D eigenvalue weighted by molar-refractivity contribution is 0.504. The van der Waals surface area contributed by atoms with Gasteiger partial charge in [-0.1, -0.05) is 84.5 Å². The van der Waals surface area contributed by atoms with Gasteiger partial charge in [-0.3, -0.25) is 0 Å². The van der Waals surface area contributed by atoms with Crippen molar-refractivity contribution >= 4 is 24.3 Å². The van der Waals surface area contributed by atoms with Gasteiger partial charge in [-0.2, -0.15) is 0 Å². The van der Waals surface area contributed by atoms with Crippen LogP contribution in [0.2, 0.25) is 0 Å². The lowest BCUT2D eigenvalue weighted by Crippen LogP contribution is -1.85. The minimum atomic E-state index is 0. The summed E-state index contributed by atoms with van der Waals surface area (Å²) < 4.78 is 0. The van der Waals surface area contributed by atoms with E-state index >= 15 is 0 Å². The van der Waals surface area contributed by atoms with Gasteiger partial charge in [0.1, 0.15) is 0 Å². The van der Waals surface area contributed by atoms with E-state index in [-0.39, 0.29) is 7.43 Å². The molecule has 0 amide bonds. The van der Waals surface area contributed by atoms with Crippen molar-refractivity contribution in [3.05, 3.63) is 0 Å². The lowest BCUT2D eigenvalue weighted by atomic mass is 10.0. The third-order valence-electron chi connectivity index (χ3n) is 3.00. The smallest absolute Gasteiger partial charge is 0.222 e. The second-order valence-corrected chi connectivity index (χ2v) is 4.65. The Kier molecular flexibility index (Phi) is 67.4. The Morgan fingerprint density at radius 2 is 0.400 bits per heavy atom. The van der Waals surface area contributed by atoms with Crippen LogP contribution in [0.1, 0.15) is 84.5 Å². The normalized spacial score (nSPS) is 12.8. The number of hydrogen-bond acceptors (Lipinski definition) is 8. The maximum atomic E-state index is 8.35. The second-order valence-electron chi connectivity index (χ2n) is 4.65. The van der Waals surface area contributed by atoms with Crippen molar-refractivity contribution in [1.29, 1.82) is 21.6 Å². The molecule has 0 radical (unpaired) electrons. The van der Waals surface area contributed by atoms with Gasteiger partial charge in [0.05, 0.1) is 0 Å². The quantitative estimate of drug-likeness (QED) is 0.357. The van der Waals surface area contributed by atoms with Crippen molar-refractivity contribution in [1.82, 2.24) is 0 Å². The lowest BCUT2D eigenvalue weighted by Gasteiger charge is -2.05. The van der Waals surface area contributed by atoms with E-state index in [1.807, 2.05) is 0 Å². The standard InChI is InChI=1S/2C6H12.4CHNO.CH4/c2*1-2-4-6-5-3-1;4*2-1-3;/h2*1-6H2;4*2H;1H4. The highest BCUT2D eigenvalue weighted by Crippen LogP contribution is 2.15. The zero-order valence-corrected chi connectivity index (χ0v) is 14.1. The molecule has 0 spiro atoms. The van der Waals surface area contributed by atoms with E-state index in [1.165, 1.54) is 77.0 Å². The van der Waals surface area contributed by atoms with Crippen LogP contribution in [0, 0.1) is 21.6 Å². The topological polar surface area (TPSA) is 164 Å². The van der Waals surface area contributed by atoms with Crippen molar-refractivity contribution in [2.75, 3.05) is 0 Å². The Balaban J connectivity index is -0.0000000663. The number of rotatable bonds is 0. The Hall–Kier alpha value is -2.48. The molecular weight excluding hydrogens is 324 g/mol. The summed E-state index contributed by atoms with van der Waals surface area (Å²) in [5, 5.41) is 21.6. The Bertz CT molecular complexity index is 272. The maximum absolute atomic E-state index is 8.35. The molecule has 0 aromatic rings. The molecule has 0 saturated heterocycles. The summed E-state index contributed by atoms with van der Waals surface area (Å²) in [6.07, 6.45) is 21.0. The molecule has 8 nitrogen and oxygen atoms in total. The Labute approximate surface area is 150 Å². The van der Waals surface area contributed by atoms with E-state index in [4.69, 9.17) is 40.8 Å². The average Bonchev–Trinajstić information content (AvgIpc) is 2.61. The van der Waals surface area contributed by atoms with Gasteiger partial charge in [0, 0.05) is 0 Å². The largest absolute Gasteiger partial charge is 0.231 e. The molecule has 2 aliphatic carbocycles. The first kappa shape index (κ1) is 34.0. The fourth-order valence-corrected chi connectivity index (χ4v) is 2.12. The molecule has 144 valence electrons. The van der Waals surface area contributed by atoms with Crippen molar-refractivity contribution in [2.45, 2.75) is 84.5 Å². The van der Waals surface area contributed by atoms with Crippen molar-refractivity contribution < 1.29 is 19.2 Å². The fraction of sp³-hybridized carbons (Fsp3) is 0.765. The molecule has 2 rings (SSSR count). The molecule has 0 aliphatic heterocycles. The summed E-state index contributed by atoms with van der Waals surface area (Å²) in [5.41, 5.74) is 0. The Morgan fingerprint density at radius 3 is 0.440 bits per heavy atom. The van der Waals surface area contributed by atoms with E-state index in [2.05, 4.69) is 0 Å². The molecule has 0 unspecified atom stereocenters. The van der Waals surface area contributed by atoms with E-state index in [0.29, 0.717) is 0 Å². The van der Waals surface area contributed by atoms with E-state index in [9.17, 15) is 0 Å². The number of isocyanates is 4. The summed E-state index contributed by atoms with van der Waals surface area (Å²) in [7, 11) is 0. The highest BCUT2D eigenvalue weighted by atomic mass is 16.1. The van der Waals surface area contributed by atoms with Crippen LogP contribution < -0.4 is 0 Å². The third kappa shape index (κ3) is 90.5. The summed E-state index contributed by atoms with van der Waals surface area (Å²) in [6.45, 7) is 0. The molecule has 4 N–H and O–H groups in total. The minimum absolute atomic E-state index is 0. The van der Waals surface area contributed by atoms with E-state index < -0.39 is 0 Å². The third-order valence-corrected chi connectivity index (χ3v) is 3.00. The molecule has 2 aliphatic rings. The average molecular weight is 356 g/mol. The maximum Gasteiger partial charge on any atom is 0.231 e. The zero-order valence-electron chi connectivity index (χ0n) is 14.1. The van der Waals surface area contributed by atoms with Crippen molar-refractivity contribution in [3.8, 4) is 0 Å². The molecule has 0 heterocycles. The van der Waals surface area contributed by atoms with Gasteiger partial charge >= 0.3 is 0 Å². The van der Waals surface area contributed by atoms with Crippen LogP contribution in [0.5, 0.6) is 0 Å². The SMILES string of the molecule is C.C1CCCCC1.C1CCCCC1.N=C=O.N=C=O.N=C=O.N=C=O. The zero-order chi connectivity index (χ0) is 19.3. The van der Waals surface area contributed by atoms with E-state index in [0.717, 1.165) is 24.3 Å². The highest BCUT2D eigenvalue weighted by Gasteiger charge is 1.96. The number of hydrogen-bond donors (Lipinski definition) is 4. The van der Waals surface area contributed by atoms with Gasteiger partial charge in [-0.25, -0.2) is 40.8 Å².